The van der Waals surface area contributed by atoms with Crippen LogP contribution in [0.5, 0.6) is 5.75 Å². The Balaban J connectivity index is 2.24. The summed E-state index contributed by atoms with van der Waals surface area (Å²) >= 11 is 0. The second kappa shape index (κ2) is 3.62. The second-order valence-electron chi connectivity index (χ2n) is 3.23. The van der Waals surface area contributed by atoms with E-state index in [1.807, 2.05) is 12.1 Å². The Hall–Kier alpha value is -1.28. The van der Waals surface area contributed by atoms with E-state index in [-0.39, 0.29) is 0 Å². The predicted octanol–water partition coefficient (Wildman–Crippen LogP) is 1.77. The van der Waals surface area contributed by atoms with E-state index in [4.69, 9.17) is 5.11 Å². The van der Waals surface area contributed by atoms with Crippen LogP contribution >= 0.6 is 0 Å². The number of aromatic hydroxyl groups is 1. The molecule has 1 aromatic carbocycles. The van der Waals surface area contributed by atoms with Crippen molar-refractivity contribution in [2.75, 3.05) is 13.1 Å². The minimum atomic E-state index is 0.332. The molecule has 0 fully saturated rings. The molecule has 2 rings (SSSR count). The van der Waals surface area contributed by atoms with E-state index in [0.29, 0.717) is 5.75 Å². The Bertz CT molecular complexity index is 313. The Labute approximate surface area is 77.9 Å². The molecule has 13 heavy (non-hydrogen) atoms. The lowest BCUT2D eigenvalue weighted by atomic mass is 10.0. The number of benzene rings is 1. The predicted molar refractivity (Wildman–Crippen MR) is 53.6 cm³/mol. The maximum absolute atomic E-state index is 9.12. The zero-order valence-corrected chi connectivity index (χ0v) is 7.46. The topological polar surface area (TPSA) is 32.3 Å². The molecule has 0 unspecified atom stereocenters. The largest absolute Gasteiger partial charge is 0.508 e. The summed E-state index contributed by atoms with van der Waals surface area (Å²) in [6.07, 6.45) is 3.28. The molecule has 0 aromatic heterocycles. The highest BCUT2D eigenvalue weighted by Crippen LogP contribution is 2.21. The highest BCUT2D eigenvalue weighted by molar-refractivity contribution is 5.66. The summed E-state index contributed by atoms with van der Waals surface area (Å²) in [5.74, 6) is 0.332. The number of phenols is 1. The molecule has 0 aliphatic carbocycles. The first-order valence-electron chi connectivity index (χ1n) is 4.55. The van der Waals surface area contributed by atoms with Gasteiger partial charge in [0.1, 0.15) is 5.75 Å². The molecule has 0 saturated carbocycles. The SMILES string of the molecule is Oc1ccc(C2=CCNCC2)cc1. The molecule has 2 N–H and O–H groups in total. The third-order valence-corrected chi connectivity index (χ3v) is 2.30. The molecule has 0 atom stereocenters. The number of nitrogens with one attached hydrogen (secondary N) is 1. The fraction of sp³-hybridized carbons (Fsp3) is 0.273. The third-order valence-electron chi connectivity index (χ3n) is 2.30. The van der Waals surface area contributed by atoms with Crippen LogP contribution in [0, 0.1) is 0 Å². The van der Waals surface area contributed by atoms with Gasteiger partial charge < -0.3 is 10.4 Å². The highest BCUT2D eigenvalue weighted by atomic mass is 16.3. The highest BCUT2D eigenvalue weighted by Gasteiger charge is 2.04. The summed E-state index contributed by atoms with van der Waals surface area (Å²) in [6, 6.07) is 7.40. The van der Waals surface area contributed by atoms with Gasteiger partial charge in [0.2, 0.25) is 0 Å². The van der Waals surface area contributed by atoms with Crippen LogP contribution < -0.4 is 5.32 Å². The standard InChI is InChI=1S/C11H13NO/c13-11-3-1-9(2-4-11)10-5-7-12-8-6-10/h1-5,12-13H,6-8H2. The van der Waals surface area contributed by atoms with E-state index in [0.717, 1.165) is 19.5 Å². The molecule has 0 amide bonds. The summed E-state index contributed by atoms with van der Waals surface area (Å²) in [5.41, 5.74) is 2.60. The van der Waals surface area contributed by atoms with Gasteiger partial charge in [-0.1, -0.05) is 18.2 Å². The maximum Gasteiger partial charge on any atom is 0.115 e. The maximum atomic E-state index is 9.12. The van der Waals surface area contributed by atoms with Crippen molar-refractivity contribution >= 4 is 5.57 Å². The van der Waals surface area contributed by atoms with Gasteiger partial charge in [-0.25, -0.2) is 0 Å². The Kier molecular flexibility index (Phi) is 2.32. The first kappa shape index (κ1) is 8.32. The van der Waals surface area contributed by atoms with Crippen molar-refractivity contribution in [3.05, 3.63) is 35.9 Å². The van der Waals surface area contributed by atoms with E-state index >= 15 is 0 Å². The molecule has 2 heteroatoms. The van der Waals surface area contributed by atoms with Gasteiger partial charge in [0.15, 0.2) is 0 Å². The van der Waals surface area contributed by atoms with Gasteiger partial charge >= 0.3 is 0 Å². The number of rotatable bonds is 1. The molecule has 68 valence electrons. The number of hydrogen-bond acceptors (Lipinski definition) is 2. The van der Waals surface area contributed by atoms with Crippen molar-refractivity contribution in [1.82, 2.24) is 5.32 Å². The molecular formula is C11H13NO. The van der Waals surface area contributed by atoms with Crippen molar-refractivity contribution in [2.24, 2.45) is 0 Å². The van der Waals surface area contributed by atoms with Crippen LogP contribution in [0.1, 0.15) is 12.0 Å². The fourth-order valence-corrected chi connectivity index (χ4v) is 1.56. The Morgan fingerprint density at radius 1 is 1.15 bits per heavy atom. The van der Waals surface area contributed by atoms with E-state index in [1.165, 1.54) is 11.1 Å². The first-order valence-corrected chi connectivity index (χ1v) is 4.55. The molecule has 1 aliphatic heterocycles. The monoisotopic (exact) mass is 175 g/mol. The summed E-state index contributed by atoms with van der Waals surface area (Å²) in [6.45, 7) is 2.00. The normalized spacial score (nSPS) is 16.8. The van der Waals surface area contributed by atoms with E-state index in [9.17, 15) is 0 Å². The second-order valence-corrected chi connectivity index (χ2v) is 3.23. The summed E-state index contributed by atoms with van der Waals surface area (Å²) < 4.78 is 0. The van der Waals surface area contributed by atoms with Crippen LogP contribution in [0.15, 0.2) is 30.3 Å². The van der Waals surface area contributed by atoms with Crippen LogP contribution in [0.25, 0.3) is 5.57 Å². The van der Waals surface area contributed by atoms with Crippen molar-refractivity contribution in [2.45, 2.75) is 6.42 Å². The van der Waals surface area contributed by atoms with E-state index < -0.39 is 0 Å². The van der Waals surface area contributed by atoms with Gasteiger partial charge in [0, 0.05) is 6.54 Å². The zero-order chi connectivity index (χ0) is 9.10. The molecule has 2 nitrogen and oxygen atoms in total. The first-order chi connectivity index (χ1) is 6.36. The van der Waals surface area contributed by atoms with Gasteiger partial charge in [-0.15, -0.1) is 0 Å². The lowest BCUT2D eigenvalue weighted by Crippen LogP contribution is -2.19. The van der Waals surface area contributed by atoms with Crippen LogP contribution in [0.2, 0.25) is 0 Å². The van der Waals surface area contributed by atoms with Crippen LogP contribution in [-0.4, -0.2) is 18.2 Å². The van der Waals surface area contributed by atoms with Crippen molar-refractivity contribution in [3.8, 4) is 5.75 Å². The average molecular weight is 175 g/mol. The zero-order valence-electron chi connectivity index (χ0n) is 7.46. The molecule has 0 bridgehead atoms. The summed E-state index contributed by atoms with van der Waals surface area (Å²) in [4.78, 5) is 0. The third kappa shape index (κ3) is 1.90. The number of hydrogen-bond donors (Lipinski definition) is 2. The van der Waals surface area contributed by atoms with Crippen molar-refractivity contribution in [1.29, 1.82) is 0 Å². The van der Waals surface area contributed by atoms with Crippen LogP contribution in [0.3, 0.4) is 0 Å². The lowest BCUT2D eigenvalue weighted by Gasteiger charge is -2.13. The van der Waals surface area contributed by atoms with E-state index in [2.05, 4.69) is 11.4 Å². The molecule has 1 aliphatic rings. The molecule has 0 spiro atoms. The molecule has 1 heterocycles. The average Bonchev–Trinajstić information content (AvgIpc) is 2.20. The van der Waals surface area contributed by atoms with E-state index in [1.54, 1.807) is 12.1 Å². The smallest absolute Gasteiger partial charge is 0.115 e. The van der Waals surface area contributed by atoms with Gasteiger partial charge in [-0.05, 0) is 36.2 Å². The molecule has 1 aromatic rings. The summed E-state index contributed by atoms with van der Waals surface area (Å²) in [5, 5.41) is 12.4. The van der Waals surface area contributed by atoms with Crippen molar-refractivity contribution < 1.29 is 5.11 Å². The molecule has 0 radical (unpaired) electrons. The van der Waals surface area contributed by atoms with Crippen LogP contribution in [0.4, 0.5) is 0 Å². The number of phenolic OH excluding ortho intramolecular Hbond substituents is 1. The van der Waals surface area contributed by atoms with Gasteiger partial charge in [-0.2, -0.15) is 0 Å². The lowest BCUT2D eigenvalue weighted by molar-refractivity contribution is 0.475. The summed E-state index contributed by atoms with van der Waals surface area (Å²) in [7, 11) is 0. The quantitative estimate of drug-likeness (QED) is 0.681. The minimum Gasteiger partial charge on any atom is -0.508 e. The van der Waals surface area contributed by atoms with Gasteiger partial charge in [-0.3, -0.25) is 0 Å². The van der Waals surface area contributed by atoms with Crippen molar-refractivity contribution in [3.63, 3.8) is 0 Å². The minimum absolute atomic E-state index is 0.332. The van der Waals surface area contributed by atoms with Gasteiger partial charge in [0.05, 0.1) is 0 Å². The fourth-order valence-electron chi connectivity index (χ4n) is 1.56. The Morgan fingerprint density at radius 2 is 1.92 bits per heavy atom. The Morgan fingerprint density at radius 3 is 2.54 bits per heavy atom. The molecular weight excluding hydrogens is 162 g/mol. The van der Waals surface area contributed by atoms with Gasteiger partial charge in [0.25, 0.3) is 0 Å². The molecule has 0 saturated heterocycles. The van der Waals surface area contributed by atoms with Crippen LogP contribution in [-0.2, 0) is 0 Å².